The van der Waals surface area contributed by atoms with Crippen LogP contribution in [-0.2, 0) is 11.2 Å². The molecule has 1 amide bonds. The average Bonchev–Trinajstić information content (AvgIpc) is 2.91. The van der Waals surface area contributed by atoms with Gasteiger partial charge in [-0.15, -0.1) is 0 Å². The highest BCUT2D eigenvalue weighted by Crippen LogP contribution is 2.19. The van der Waals surface area contributed by atoms with Crippen LogP contribution in [0, 0.1) is 0 Å². The fourth-order valence-electron chi connectivity index (χ4n) is 2.30. The van der Waals surface area contributed by atoms with E-state index in [1.165, 1.54) is 0 Å². The fourth-order valence-corrected chi connectivity index (χ4v) is 2.30. The largest absolute Gasteiger partial charge is 0.361 e. The Bertz CT molecular complexity index is 751. The number of nitrogens with two attached hydrogens (primary N) is 1. The van der Waals surface area contributed by atoms with Crippen molar-refractivity contribution in [3.63, 3.8) is 0 Å². The van der Waals surface area contributed by atoms with Crippen LogP contribution in [0.1, 0.15) is 5.56 Å². The first-order valence-electron chi connectivity index (χ1n) is 6.75. The van der Waals surface area contributed by atoms with E-state index in [1.54, 1.807) is 24.5 Å². The molecule has 1 atom stereocenters. The minimum absolute atomic E-state index is 0.215. The highest BCUT2D eigenvalue weighted by atomic mass is 16.2. The van der Waals surface area contributed by atoms with Crippen LogP contribution in [0.4, 0.5) is 5.69 Å². The van der Waals surface area contributed by atoms with Gasteiger partial charge in [0.25, 0.3) is 0 Å². The number of H-pyrrole nitrogens is 1. The number of anilines is 1. The Morgan fingerprint density at radius 3 is 2.95 bits per heavy atom. The average molecular weight is 280 g/mol. The van der Waals surface area contributed by atoms with E-state index in [4.69, 9.17) is 5.73 Å². The van der Waals surface area contributed by atoms with Crippen LogP contribution >= 0.6 is 0 Å². The lowest BCUT2D eigenvalue weighted by atomic mass is 10.1. The van der Waals surface area contributed by atoms with Crippen molar-refractivity contribution in [3.05, 3.63) is 60.6 Å². The molecule has 3 rings (SSSR count). The van der Waals surface area contributed by atoms with Gasteiger partial charge in [0, 0.05) is 23.3 Å². The maximum atomic E-state index is 12.1. The van der Waals surface area contributed by atoms with E-state index in [0.29, 0.717) is 12.1 Å². The summed E-state index contributed by atoms with van der Waals surface area (Å²) in [7, 11) is 0. The van der Waals surface area contributed by atoms with Crippen LogP contribution in [0.2, 0.25) is 0 Å². The predicted octanol–water partition coefficient (Wildman–Crippen LogP) is 2.07. The number of amides is 1. The molecule has 0 radical (unpaired) electrons. The molecule has 1 aromatic carbocycles. The minimum Gasteiger partial charge on any atom is -0.361 e. The summed E-state index contributed by atoms with van der Waals surface area (Å²) < 4.78 is 0. The number of carbonyl (C=O) groups is 1. The zero-order chi connectivity index (χ0) is 14.7. The number of nitrogens with one attached hydrogen (secondary N) is 2. The molecule has 0 bridgehead atoms. The third kappa shape index (κ3) is 2.93. The molecular formula is C16H16N4O. The van der Waals surface area contributed by atoms with E-state index in [1.807, 2.05) is 30.5 Å². The van der Waals surface area contributed by atoms with Crippen LogP contribution in [-0.4, -0.2) is 21.9 Å². The van der Waals surface area contributed by atoms with E-state index in [9.17, 15) is 4.79 Å². The molecular weight excluding hydrogens is 264 g/mol. The molecule has 21 heavy (non-hydrogen) atoms. The second-order valence-corrected chi connectivity index (χ2v) is 4.90. The first-order valence-corrected chi connectivity index (χ1v) is 6.75. The molecule has 106 valence electrons. The SMILES string of the molecule is NC(Cc1c[nH]c2ccccc12)C(=O)Nc1cccnc1. The van der Waals surface area contributed by atoms with Gasteiger partial charge in [-0.2, -0.15) is 0 Å². The lowest BCUT2D eigenvalue weighted by molar-refractivity contribution is -0.117. The summed E-state index contributed by atoms with van der Waals surface area (Å²) in [5.74, 6) is -0.215. The number of aromatic nitrogens is 2. The standard InChI is InChI=1S/C16H16N4O/c17-14(16(21)20-12-4-3-7-18-10-12)8-11-9-19-15-6-2-1-5-13(11)15/h1-7,9-10,14,19H,8,17H2,(H,20,21). The number of pyridine rings is 1. The number of nitrogens with zero attached hydrogens (tertiary/aromatic N) is 1. The van der Waals surface area contributed by atoms with Crippen molar-refractivity contribution in [1.29, 1.82) is 0 Å². The predicted molar refractivity (Wildman–Crippen MR) is 82.8 cm³/mol. The summed E-state index contributed by atoms with van der Waals surface area (Å²) in [5, 5.41) is 3.86. The van der Waals surface area contributed by atoms with E-state index >= 15 is 0 Å². The molecule has 5 heteroatoms. The van der Waals surface area contributed by atoms with Crippen molar-refractivity contribution in [1.82, 2.24) is 9.97 Å². The van der Waals surface area contributed by atoms with Crippen molar-refractivity contribution >= 4 is 22.5 Å². The smallest absolute Gasteiger partial charge is 0.241 e. The Labute approximate surface area is 122 Å². The van der Waals surface area contributed by atoms with Crippen LogP contribution in [0.5, 0.6) is 0 Å². The number of rotatable bonds is 4. The summed E-state index contributed by atoms with van der Waals surface area (Å²) >= 11 is 0. The van der Waals surface area contributed by atoms with Gasteiger partial charge in [-0.1, -0.05) is 18.2 Å². The Morgan fingerprint density at radius 1 is 1.29 bits per heavy atom. The maximum absolute atomic E-state index is 12.1. The molecule has 3 aromatic rings. The molecule has 2 aromatic heterocycles. The second kappa shape index (κ2) is 5.76. The number of aromatic amines is 1. The number of benzene rings is 1. The number of para-hydroxylation sites is 1. The van der Waals surface area contributed by atoms with Crippen molar-refractivity contribution in [2.75, 3.05) is 5.32 Å². The van der Waals surface area contributed by atoms with Crippen molar-refractivity contribution < 1.29 is 4.79 Å². The number of carbonyl (C=O) groups excluding carboxylic acids is 1. The minimum atomic E-state index is -0.607. The topological polar surface area (TPSA) is 83.8 Å². The number of hydrogen-bond donors (Lipinski definition) is 3. The normalized spacial score (nSPS) is 12.2. The molecule has 0 aliphatic rings. The molecule has 5 nitrogen and oxygen atoms in total. The molecule has 2 heterocycles. The summed E-state index contributed by atoms with van der Waals surface area (Å²) in [6.07, 6.45) is 5.63. The molecule has 0 saturated carbocycles. The molecule has 4 N–H and O–H groups in total. The first-order chi connectivity index (χ1) is 10.2. The van der Waals surface area contributed by atoms with E-state index < -0.39 is 6.04 Å². The molecule has 0 spiro atoms. The van der Waals surface area contributed by atoms with Gasteiger partial charge in [-0.3, -0.25) is 9.78 Å². The second-order valence-electron chi connectivity index (χ2n) is 4.90. The fraction of sp³-hybridized carbons (Fsp3) is 0.125. The maximum Gasteiger partial charge on any atom is 0.241 e. The van der Waals surface area contributed by atoms with Crippen LogP contribution < -0.4 is 11.1 Å². The molecule has 0 aliphatic carbocycles. The Kier molecular flexibility index (Phi) is 3.66. The Morgan fingerprint density at radius 2 is 2.14 bits per heavy atom. The van der Waals surface area contributed by atoms with Gasteiger partial charge in [-0.05, 0) is 30.2 Å². The van der Waals surface area contributed by atoms with Crippen LogP contribution in [0.25, 0.3) is 10.9 Å². The van der Waals surface area contributed by atoms with Gasteiger partial charge in [0.2, 0.25) is 5.91 Å². The molecule has 0 aliphatic heterocycles. The van der Waals surface area contributed by atoms with Gasteiger partial charge in [0.1, 0.15) is 0 Å². The summed E-state index contributed by atoms with van der Waals surface area (Å²) in [6, 6.07) is 10.9. The Balaban J connectivity index is 1.71. The molecule has 0 fully saturated rings. The van der Waals surface area contributed by atoms with Gasteiger partial charge in [0.05, 0.1) is 17.9 Å². The molecule has 1 unspecified atom stereocenters. The zero-order valence-electron chi connectivity index (χ0n) is 11.4. The highest BCUT2D eigenvalue weighted by Gasteiger charge is 2.16. The summed E-state index contributed by atoms with van der Waals surface area (Å²) in [5.41, 5.74) is 8.74. The van der Waals surface area contributed by atoms with Gasteiger partial charge in [-0.25, -0.2) is 0 Å². The monoisotopic (exact) mass is 280 g/mol. The summed E-state index contributed by atoms with van der Waals surface area (Å²) in [6.45, 7) is 0. The Hall–Kier alpha value is -2.66. The summed E-state index contributed by atoms with van der Waals surface area (Å²) in [4.78, 5) is 19.2. The van der Waals surface area contributed by atoms with E-state index in [-0.39, 0.29) is 5.91 Å². The van der Waals surface area contributed by atoms with Crippen LogP contribution in [0.3, 0.4) is 0 Å². The highest BCUT2D eigenvalue weighted by molar-refractivity contribution is 5.95. The first kappa shape index (κ1) is 13.3. The van der Waals surface area contributed by atoms with Gasteiger partial charge in [0.15, 0.2) is 0 Å². The lowest BCUT2D eigenvalue weighted by Gasteiger charge is -2.11. The van der Waals surface area contributed by atoms with E-state index in [2.05, 4.69) is 15.3 Å². The van der Waals surface area contributed by atoms with Crippen molar-refractivity contribution in [3.8, 4) is 0 Å². The van der Waals surface area contributed by atoms with Gasteiger partial charge < -0.3 is 16.0 Å². The van der Waals surface area contributed by atoms with Crippen molar-refractivity contribution in [2.24, 2.45) is 5.73 Å². The number of fused-ring (bicyclic) bond motifs is 1. The third-order valence-corrected chi connectivity index (χ3v) is 3.38. The van der Waals surface area contributed by atoms with Crippen LogP contribution in [0.15, 0.2) is 55.0 Å². The quantitative estimate of drug-likeness (QED) is 0.684. The molecule has 0 saturated heterocycles. The zero-order valence-corrected chi connectivity index (χ0v) is 11.4. The van der Waals surface area contributed by atoms with E-state index in [0.717, 1.165) is 16.5 Å². The number of hydrogen-bond acceptors (Lipinski definition) is 3. The third-order valence-electron chi connectivity index (χ3n) is 3.38. The lowest BCUT2D eigenvalue weighted by Crippen LogP contribution is -2.37. The van der Waals surface area contributed by atoms with Crippen molar-refractivity contribution in [2.45, 2.75) is 12.5 Å². The van der Waals surface area contributed by atoms with Gasteiger partial charge >= 0.3 is 0 Å².